The van der Waals surface area contributed by atoms with Crippen molar-refractivity contribution >= 4 is 22.6 Å². The van der Waals surface area contributed by atoms with Crippen LogP contribution in [0, 0.1) is 10.1 Å². The zero-order valence-corrected chi connectivity index (χ0v) is 9.53. The number of benzene rings is 1. The Labute approximate surface area is 102 Å². The standard InChI is InChI=1S/C12H10N2O4/c1-7(12(15)16)8-5-6-13-11-9(8)3-2-4-10(11)14(17)18/h2-7H,1H3,(H,15,16). The Hall–Kier alpha value is -2.50. The Morgan fingerprint density at radius 3 is 2.78 bits per heavy atom. The molecular formula is C12H10N2O4. The number of aliphatic carboxylic acids is 1. The molecule has 1 unspecified atom stereocenters. The largest absolute Gasteiger partial charge is 0.481 e. The summed E-state index contributed by atoms with van der Waals surface area (Å²) in [6.07, 6.45) is 1.39. The highest BCUT2D eigenvalue weighted by Gasteiger charge is 2.20. The van der Waals surface area contributed by atoms with E-state index in [0.29, 0.717) is 10.9 Å². The number of para-hydroxylation sites is 1. The average molecular weight is 246 g/mol. The van der Waals surface area contributed by atoms with Gasteiger partial charge in [-0.15, -0.1) is 0 Å². The molecule has 0 saturated heterocycles. The van der Waals surface area contributed by atoms with Crippen LogP contribution in [0.25, 0.3) is 10.9 Å². The minimum atomic E-state index is -0.978. The fraction of sp³-hybridized carbons (Fsp3) is 0.167. The fourth-order valence-corrected chi connectivity index (χ4v) is 1.84. The van der Waals surface area contributed by atoms with Gasteiger partial charge in [-0.25, -0.2) is 4.98 Å². The number of hydrogen-bond acceptors (Lipinski definition) is 4. The first-order valence-electron chi connectivity index (χ1n) is 5.27. The Balaban J connectivity index is 2.75. The van der Waals surface area contributed by atoms with Crippen molar-refractivity contribution in [3.05, 3.63) is 46.1 Å². The molecule has 1 aromatic heterocycles. The molecule has 0 saturated carbocycles. The van der Waals surface area contributed by atoms with Crippen molar-refractivity contribution in [2.24, 2.45) is 0 Å². The number of carboxylic acid groups (broad SMARTS) is 1. The Kier molecular flexibility index (Phi) is 2.93. The predicted octanol–water partition coefficient (Wildman–Crippen LogP) is 2.33. The molecule has 1 N–H and O–H groups in total. The summed E-state index contributed by atoms with van der Waals surface area (Å²) in [5, 5.41) is 20.4. The third-order valence-corrected chi connectivity index (χ3v) is 2.82. The van der Waals surface area contributed by atoms with Crippen LogP contribution in [0.15, 0.2) is 30.5 Å². The second kappa shape index (κ2) is 4.40. The Morgan fingerprint density at radius 2 is 2.17 bits per heavy atom. The fourth-order valence-electron chi connectivity index (χ4n) is 1.84. The highest BCUT2D eigenvalue weighted by Crippen LogP contribution is 2.29. The number of nitro benzene ring substituents is 1. The number of fused-ring (bicyclic) bond motifs is 1. The van der Waals surface area contributed by atoms with Gasteiger partial charge in [-0.2, -0.15) is 0 Å². The molecule has 1 aromatic carbocycles. The van der Waals surface area contributed by atoms with E-state index < -0.39 is 16.8 Å². The van der Waals surface area contributed by atoms with Crippen molar-refractivity contribution in [3.8, 4) is 0 Å². The van der Waals surface area contributed by atoms with Crippen LogP contribution < -0.4 is 0 Å². The molecule has 18 heavy (non-hydrogen) atoms. The lowest BCUT2D eigenvalue weighted by molar-refractivity contribution is -0.383. The summed E-state index contributed by atoms with van der Waals surface area (Å²) in [7, 11) is 0. The average Bonchev–Trinajstić information content (AvgIpc) is 2.36. The van der Waals surface area contributed by atoms with Gasteiger partial charge in [0, 0.05) is 17.6 Å². The van der Waals surface area contributed by atoms with Crippen LogP contribution in [0.4, 0.5) is 5.69 Å². The minimum absolute atomic E-state index is 0.119. The van der Waals surface area contributed by atoms with Crippen molar-refractivity contribution in [1.82, 2.24) is 4.98 Å². The van der Waals surface area contributed by atoms with E-state index in [0.717, 1.165) is 0 Å². The van der Waals surface area contributed by atoms with Gasteiger partial charge in [-0.05, 0) is 18.6 Å². The number of carboxylic acids is 1. The number of carbonyl (C=O) groups is 1. The number of rotatable bonds is 3. The van der Waals surface area contributed by atoms with Crippen LogP contribution in [-0.2, 0) is 4.79 Å². The summed E-state index contributed by atoms with van der Waals surface area (Å²) in [6, 6.07) is 6.10. The van der Waals surface area contributed by atoms with Crippen molar-refractivity contribution in [3.63, 3.8) is 0 Å². The molecule has 6 nitrogen and oxygen atoms in total. The summed E-state index contributed by atoms with van der Waals surface area (Å²) in [5.41, 5.74) is 0.622. The van der Waals surface area contributed by atoms with Crippen LogP contribution in [0.2, 0.25) is 0 Å². The van der Waals surface area contributed by atoms with Crippen molar-refractivity contribution < 1.29 is 14.8 Å². The van der Waals surface area contributed by atoms with Gasteiger partial charge in [0.05, 0.1) is 10.8 Å². The summed E-state index contributed by atoms with van der Waals surface area (Å²) in [4.78, 5) is 25.3. The quantitative estimate of drug-likeness (QED) is 0.662. The van der Waals surface area contributed by atoms with Gasteiger partial charge < -0.3 is 5.11 Å². The van der Waals surface area contributed by atoms with Gasteiger partial charge in [-0.1, -0.05) is 12.1 Å². The number of nitrogens with zero attached hydrogens (tertiary/aromatic N) is 2. The predicted molar refractivity (Wildman–Crippen MR) is 64.4 cm³/mol. The summed E-state index contributed by atoms with van der Waals surface area (Å²) in [5.74, 6) is -1.72. The normalized spacial score (nSPS) is 12.3. The molecule has 0 radical (unpaired) electrons. The molecule has 0 spiro atoms. The van der Waals surface area contributed by atoms with E-state index in [9.17, 15) is 14.9 Å². The van der Waals surface area contributed by atoms with E-state index >= 15 is 0 Å². The maximum absolute atomic E-state index is 11.0. The summed E-state index contributed by atoms with van der Waals surface area (Å²) < 4.78 is 0. The molecule has 92 valence electrons. The molecule has 0 aliphatic rings. The SMILES string of the molecule is CC(C(=O)O)c1ccnc2c([N+](=O)[O-])cccc12. The third-order valence-electron chi connectivity index (χ3n) is 2.82. The molecule has 1 heterocycles. The number of nitro groups is 1. The molecule has 0 fully saturated rings. The van der Waals surface area contributed by atoms with Crippen LogP contribution in [0.5, 0.6) is 0 Å². The highest BCUT2D eigenvalue weighted by molar-refractivity contribution is 5.93. The second-order valence-electron chi connectivity index (χ2n) is 3.89. The van der Waals surface area contributed by atoms with Crippen molar-refractivity contribution in [1.29, 1.82) is 0 Å². The van der Waals surface area contributed by atoms with E-state index in [2.05, 4.69) is 4.98 Å². The molecule has 0 aliphatic heterocycles. The zero-order valence-electron chi connectivity index (χ0n) is 9.53. The van der Waals surface area contributed by atoms with Gasteiger partial charge in [-0.3, -0.25) is 14.9 Å². The molecule has 2 rings (SSSR count). The first kappa shape index (κ1) is 12.0. The molecule has 0 amide bonds. The number of pyridine rings is 1. The number of non-ortho nitro benzene ring substituents is 1. The van der Waals surface area contributed by atoms with Crippen LogP contribution >= 0.6 is 0 Å². The Bertz CT molecular complexity index is 639. The van der Waals surface area contributed by atoms with Crippen LogP contribution in [0.3, 0.4) is 0 Å². The molecule has 0 bridgehead atoms. The van der Waals surface area contributed by atoms with Gasteiger partial charge in [0.15, 0.2) is 0 Å². The maximum Gasteiger partial charge on any atom is 0.310 e. The zero-order chi connectivity index (χ0) is 13.3. The lowest BCUT2D eigenvalue weighted by Gasteiger charge is -2.09. The van der Waals surface area contributed by atoms with Gasteiger partial charge in [0.2, 0.25) is 0 Å². The molecular weight excluding hydrogens is 236 g/mol. The monoisotopic (exact) mass is 246 g/mol. The first-order valence-corrected chi connectivity index (χ1v) is 5.27. The van der Waals surface area contributed by atoms with Gasteiger partial charge in [0.25, 0.3) is 5.69 Å². The van der Waals surface area contributed by atoms with Crippen LogP contribution in [-0.4, -0.2) is 21.0 Å². The van der Waals surface area contributed by atoms with E-state index in [1.807, 2.05) is 0 Å². The molecule has 6 heteroatoms. The van der Waals surface area contributed by atoms with Gasteiger partial charge >= 0.3 is 5.97 Å². The molecule has 1 atom stereocenters. The Morgan fingerprint density at radius 1 is 1.44 bits per heavy atom. The van der Waals surface area contributed by atoms with E-state index in [1.165, 1.54) is 25.3 Å². The van der Waals surface area contributed by atoms with Crippen LogP contribution in [0.1, 0.15) is 18.4 Å². The third kappa shape index (κ3) is 1.88. The smallest absolute Gasteiger partial charge is 0.310 e. The van der Waals surface area contributed by atoms with E-state index in [4.69, 9.17) is 5.11 Å². The van der Waals surface area contributed by atoms with E-state index in [1.54, 1.807) is 12.1 Å². The van der Waals surface area contributed by atoms with Crippen molar-refractivity contribution in [2.75, 3.05) is 0 Å². The molecule has 2 aromatic rings. The lowest BCUT2D eigenvalue weighted by Crippen LogP contribution is -2.08. The molecule has 0 aliphatic carbocycles. The van der Waals surface area contributed by atoms with Gasteiger partial charge in [0.1, 0.15) is 5.52 Å². The second-order valence-corrected chi connectivity index (χ2v) is 3.89. The number of aromatic nitrogens is 1. The highest BCUT2D eigenvalue weighted by atomic mass is 16.6. The minimum Gasteiger partial charge on any atom is -0.481 e. The number of hydrogen-bond donors (Lipinski definition) is 1. The van der Waals surface area contributed by atoms with E-state index in [-0.39, 0.29) is 11.2 Å². The first-order chi connectivity index (χ1) is 8.52. The summed E-state index contributed by atoms with van der Waals surface area (Å²) >= 11 is 0. The topological polar surface area (TPSA) is 93.3 Å². The maximum atomic E-state index is 11.0. The van der Waals surface area contributed by atoms with Crippen molar-refractivity contribution in [2.45, 2.75) is 12.8 Å². The summed E-state index contributed by atoms with van der Waals surface area (Å²) in [6.45, 7) is 1.54. The lowest BCUT2D eigenvalue weighted by atomic mass is 9.97.